The Hall–Kier alpha value is -1.77. The van der Waals surface area contributed by atoms with Gasteiger partial charge in [-0.05, 0) is 48.1 Å². The van der Waals surface area contributed by atoms with E-state index in [1.165, 1.54) is 11.1 Å². The third kappa shape index (κ3) is 2.67. The van der Waals surface area contributed by atoms with Crippen LogP contribution >= 0.6 is 0 Å². The number of hydrogen-bond donors (Lipinski definition) is 0. The number of rotatable bonds is 3. The van der Waals surface area contributed by atoms with Crippen LogP contribution in [0.1, 0.15) is 18.1 Å². The Morgan fingerprint density at radius 3 is 2.82 bits per heavy atom. The summed E-state index contributed by atoms with van der Waals surface area (Å²) in [5, 5.41) is 0. The average molecular weight is 223 g/mol. The molecule has 0 amide bonds. The van der Waals surface area contributed by atoms with Crippen LogP contribution < -0.4 is 10.2 Å². The van der Waals surface area contributed by atoms with E-state index in [-0.39, 0.29) is 0 Å². The molecule has 2 rings (SSSR count). The number of aryl methyl sites for hydroxylation is 2. The molecule has 0 aliphatic carbocycles. The van der Waals surface area contributed by atoms with E-state index in [4.69, 9.17) is 12.6 Å². The molecule has 0 spiro atoms. The first-order valence-corrected chi connectivity index (χ1v) is 5.68. The fourth-order valence-electron chi connectivity index (χ4n) is 1.69. The summed E-state index contributed by atoms with van der Waals surface area (Å²) in [4.78, 5) is 4.10. The van der Waals surface area contributed by atoms with Crippen molar-refractivity contribution in [2.75, 3.05) is 0 Å². The number of benzene rings is 1. The zero-order chi connectivity index (χ0) is 12.3. The van der Waals surface area contributed by atoms with Crippen LogP contribution in [0.5, 0.6) is 11.6 Å². The predicted molar refractivity (Wildman–Crippen MR) is 70.3 cm³/mol. The topological polar surface area (TPSA) is 22.1 Å². The van der Waals surface area contributed by atoms with Gasteiger partial charge in [0.2, 0.25) is 5.88 Å². The minimum Gasteiger partial charge on any atom is -0.440 e. The van der Waals surface area contributed by atoms with Crippen LogP contribution in [-0.2, 0) is 6.42 Å². The highest BCUT2D eigenvalue weighted by Crippen LogP contribution is 2.21. The molecule has 0 unspecified atom stereocenters. The van der Waals surface area contributed by atoms with Gasteiger partial charge in [0.25, 0.3) is 0 Å². The van der Waals surface area contributed by atoms with E-state index < -0.39 is 0 Å². The van der Waals surface area contributed by atoms with Gasteiger partial charge in [-0.15, -0.1) is 0 Å². The summed E-state index contributed by atoms with van der Waals surface area (Å²) in [5.41, 5.74) is 3.09. The summed E-state index contributed by atoms with van der Waals surface area (Å²) in [6, 6.07) is 9.57. The minimum absolute atomic E-state index is 0.457. The maximum absolute atomic E-state index is 5.78. The van der Waals surface area contributed by atoms with Crippen molar-refractivity contribution < 1.29 is 4.74 Å². The molecular weight excluding hydrogens is 209 g/mol. The second-order valence-corrected chi connectivity index (χ2v) is 3.94. The van der Waals surface area contributed by atoms with E-state index in [0.717, 1.165) is 12.2 Å². The van der Waals surface area contributed by atoms with Crippen molar-refractivity contribution in [3.63, 3.8) is 0 Å². The van der Waals surface area contributed by atoms with E-state index in [1.807, 2.05) is 18.2 Å². The number of hydrogen-bond acceptors (Lipinski definition) is 2. The molecule has 1 heterocycles. The van der Waals surface area contributed by atoms with Crippen molar-refractivity contribution in [3.8, 4) is 11.6 Å². The molecule has 0 atom stereocenters. The zero-order valence-corrected chi connectivity index (χ0v) is 10.1. The zero-order valence-electron chi connectivity index (χ0n) is 10.1. The molecule has 0 saturated heterocycles. The number of ether oxygens (including phenoxy) is 1. The summed E-state index contributed by atoms with van der Waals surface area (Å²) in [5.74, 6) is 1.23. The quantitative estimate of drug-likeness (QED) is 0.746. The molecule has 0 N–H and O–H groups in total. The first kappa shape index (κ1) is 11.7. The maximum atomic E-state index is 5.78. The highest BCUT2D eigenvalue weighted by atomic mass is 16.5. The van der Waals surface area contributed by atoms with Crippen molar-refractivity contribution >= 4 is 13.3 Å². The molecule has 0 saturated carbocycles. The molecule has 3 heteroatoms. The number of pyridine rings is 1. The van der Waals surface area contributed by atoms with Gasteiger partial charge in [-0.3, -0.25) is 0 Å². The van der Waals surface area contributed by atoms with Gasteiger partial charge in [-0.2, -0.15) is 0 Å². The molecule has 84 valence electrons. The standard InChI is InChI=1S/C14H14BNO/c1-3-11-9-12(7-6-10(11)2)17-14-13(15)5-4-8-16-14/h4-9H,3H2,1-2H3. The van der Waals surface area contributed by atoms with Crippen LogP contribution in [0.2, 0.25) is 0 Å². The predicted octanol–water partition coefficient (Wildman–Crippen LogP) is 2.54. The Balaban J connectivity index is 2.28. The molecule has 0 aliphatic rings. The Morgan fingerprint density at radius 2 is 2.12 bits per heavy atom. The number of nitrogens with zero attached hydrogens (tertiary/aromatic N) is 1. The molecule has 0 bridgehead atoms. The highest BCUT2D eigenvalue weighted by molar-refractivity contribution is 6.33. The molecular formula is C14H14BNO. The van der Waals surface area contributed by atoms with Gasteiger partial charge in [0, 0.05) is 6.20 Å². The van der Waals surface area contributed by atoms with Crippen LogP contribution in [0.15, 0.2) is 36.5 Å². The Kier molecular flexibility index (Phi) is 3.47. The molecule has 1 aromatic heterocycles. The van der Waals surface area contributed by atoms with Gasteiger partial charge >= 0.3 is 0 Å². The maximum Gasteiger partial charge on any atom is 0.211 e. The summed E-state index contributed by atoms with van der Waals surface area (Å²) >= 11 is 0. The monoisotopic (exact) mass is 223 g/mol. The van der Waals surface area contributed by atoms with Gasteiger partial charge in [-0.25, -0.2) is 4.98 Å². The molecule has 2 nitrogen and oxygen atoms in total. The van der Waals surface area contributed by atoms with Crippen LogP contribution in [0.3, 0.4) is 0 Å². The summed E-state index contributed by atoms with van der Waals surface area (Å²) in [6.07, 6.45) is 2.65. The van der Waals surface area contributed by atoms with Gasteiger partial charge in [0.15, 0.2) is 0 Å². The first-order valence-electron chi connectivity index (χ1n) is 5.68. The Labute approximate surface area is 103 Å². The molecule has 0 aliphatic heterocycles. The van der Waals surface area contributed by atoms with Crippen molar-refractivity contribution in [3.05, 3.63) is 47.7 Å². The smallest absolute Gasteiger partial charge is 0.211 e. The normalized spacial score (nSPS) is 10.2. The van der Waals surface area contributed by atoms with E-state index in [1.54, 1.807) is 18.3 Å². The molecule has 17 heavy (non-hydrogen) atoms. The Morgan fingerprint density at radius 1 is 1.29 bits per heavy atom. The van der Waals surface area contributed by atoms with Gasteiger partial charge in [0.05, 0.1) is 0 Å². The third-order valence-electron chi connectivity index (χ3n) is 2.72. The SMILES string of the molecule is [B]c1cccnc1Oc1ccc(C)c(CC)c1. The van der Waals surface area contributed by atoms with E-state index in [9.17, 15) is 0 Å². The lowest BCUT2D eigenvalue weighted by atomic mass is 9.98. The Bertz CT molecular complexity index is 525. The molecule has 2 radical (unpaired) electrons. The average Bonchev–Trinajstić information content (AvgIpc) is 2.34. The van der Waals surface area contributed by atoms with E-state index in [2.05, 4.69) is 18.8 Å². The van der Waals surface area contributed by atoms with Crippen LogP contribution in [0, 0.1) is 6.92 Å². The first-order chi connectivity index (χ1) is 8.20. The van der Waals surface area contributed by atoms with Crippen LogP contribution in [0.4, 0.5) is 0 Å². The van der Waals surface area contributed by atoms with E-state index in [0.29, 0.717) is 11.3 Å². The molecule has 1 aromatic carbocycles. The van der Waals surface area contributed by atoms with Crippen molar-refractivity contribution in [2.45, 2.75) is 20.3 Å². The van der Waals surface area contributed by atoms with Crippen molar-refractivity contribution in [1.29, 1.82) is 0 Å². The third-order valence-corrected chi connectivity index (χ3v) is 2.72. The number of aromatic nitrogens is 1. The summed E-state index contributed by atoms with van der Waals surface area (Å²) < 4.78 is 5.67. The second-order valence-electron chi connectivity index (χ2n) is 3.94. The van der Waals surface area contributed by atoms with Gasteiger partial charge in [0.1, 0.15) is 13.6 Å². The molecule has 2 aromatic rings. The van der Waals surface area contributed by atoms with Crippen molar-refractivity contribution in [2.24, 2.45) is 0 Å². The van der Waals surface area contributed by atoms with Crippen molar-refractivity contribution in [1.82, 2.24) is 4.98 Å². The van der Waals surface area contributed by atoms with Crippen LogP contribution in [-0.4, -0.2) is 12.8 Å². The minimum atomic E-state index is 0.457. The largest absolute Gasteiger partial charge is 0.440 e. The highest BCUT2D eigenvalue weighted by Gasteiger charge is 2.03. The van der Waals surface area contributed by atoms with E-state index >= 15 is 0 Å². The summed E-state index contributed by atoms with van der Waals surface area (Å²) in [6.45, 7) is 4.22. The lowest BCUT2D eigenvalue weighted by molar-refractivity contribution is 0.466. The van der Waals surface area contributed by atoms with Crippen LogP contribution in [0.25, 0.3) is 0 Å². The fourth-order valence-corrected chi connectivity index (χ4v) is 1.69. The lowest BCUT2D eigenvalue weighted by Crippen LogP contribution is -2.07. The van der Waals surface area contributed by atoms with Gasteiger partial charge in [-0.1, -0.05) is 19.1 Å². The van der Waals surface area contributed by atoms with Gasteiger partial charge < -0.3 is 4.74 Å². The second kappa shape index (κ2) is 5.04. The fraction of sp³-hybridized carbons (Fsp3) is 0.214. The molecule has 0 fully saturated rings. The lowest BCUT2D eigenvalue weighted by Gasteiger charge is -2.10. The summed E-state index contributed by atoms with van der Waals surface area (Å²) in [7, 11) is 5.78.